The van der Waals surface area contributed by atoms with E-state index in [1.165, 1.54) is 0 Å². The molecule has 27 heavy (non-hydrogen) atoms. The number of piperazine rings is 1. The Morgan fingerprint density at radius 3 is 2.48 bits per heavy atom. The van der Waals surface area contributed by atoms with E-state index in [4.69, 9.17) is 4.74 Å². The first-order valence-electron chi connectivity index (χ1n) is 9.13. The van der Waals surface area contributed by atoms with E-state index in [9.17, 15) is 13.6 Å². The molecule has 7 heteroatoms. The highest BCUT2D eigenvalue weighted by Crippen LogP contribution is 2.45. The Labute approximate surface area is 158 Å². The second-order valence-corrected chi connectivity index (χ2v) is 7.37. The summed E-state index contributed by atoms with van der Waals surface area (Å²) >= 11 is 0. The van der Waals surface area contributed by atoms with Gasteiger partial charge in [-0.2, -0.15) is 0 Å². The van der Waals surface area contributed by atoms with Gasteiger partial charge in [0.15, 0.2) is 0 Å². The van der Waals surface area contributed by atoms with Crippen molar-refractivity contribution in [3.8, 4) is 0 Å². The van der Waals surface area contributed by atoms with Gasteiger partial charge in [0.2, 0.25) is 5.76 Å². The Kier molecular flexibility index (Phi) is 5.79. The first-order valence-corrected chi connectivity index (χ1v) is 9.13. The Bertz CT molecular complexity index is 733. The maximum Gasteiger partial charge on any atom is 0.292 e. The molecule has 1 aromatic rings. The number of hydrogen-bond donors (Lipinski definition) is 2. The van der Waals surface area contributed by atoms with Crippen molar-refractivity contribution in [3.05, 3.63) is 53.9 Å². The molecule has 1 heterocycles. The van der Waals surface area contributed by atoms with Crippen molar-refractivity contribution in [2.24, 2.45) is 5.41 Å². The van der Waals surface area contributed by atoms with Gasteiger partial charge in [0.25, 0.3) is 5.91 Å². The molecule has 0 atom stereocenters. The molecule has 1 aromatic carbocycles. The second-order valence-electron chi connectivity index (χ2n) is 7.37. The largest absolute Gasteiger partial charge is 0.486 e. The van der Waals surface area contributed by atoms with Gasteiger partial charge in [0.1, 0.15) is 11.6 Å². The van der Waals surface area contributed by atoms with E-state index in [1.54, 1.807) is 6.08 Å². The molecule has 0 bridgehead atoms. The molecule has 2 aliphatic rings. The molecule has 2 fully saturated rings. The van der Waals surface area contributed by atoms with Crippen LogP contribution in [-0.4, -0.2) is 43.6 Å². The number of hydrogen-bond acceptors (Lipinski definition) is 4. The van der Waals surface area contributed by atoms with Crippen molar-refractivity contribution >= 4 is 11.6 Å². The number of amides is 1. The number of ether oxygens (including phenoxy) is 1. The molecule has 1 saturated heterocycles. The molecule has 1 amide bonds. The van der Waals surface area contributed by atoms with E-state index >= 15 is 0 Å². The lowest BCUT2D eigenvalue weighted by Gasteiger charge is -2.31. The number of nitrogens with one attached hydrogen (secondary N) is 2. The minimum atomic E-state index is -0.756. The summed E-state index contributed by atoms with van der Waals surface area (Å²) < 4.78 is 32.8. The van der Waals surface area contributed by atoms with E-state index in [2.05, 4.69) is 24.1 Å². The Morgan fingerprint density at radius 2 is 1.93 bits per heavy atom. The molecule has 0 radical (unpaired) electrons. The standard InChI is InChI=1S/C20H25F2N3O2/c1-3-17(25-8-6-23-7-9-25)18(27-13-20(2)4-5-20)19(26)24-16-11-14(21)10-15(22)12-16/h3,10-12,23H,1,4-9,13H2,2H3,(H,24,26)/b18-17-. The summed E-state index contributed by atoms with van der Waals surface area (Å²) in [7, 11) is 0. The van der Waals surface area contributed by atoms with Gasteiger partial charge in [-0.05, 0) is 31.1 Å². The molecule has 1 saturated carbocycles. The van der Waals surface area contributed by atoms with Gasteiger partial charge in [-0.3, -0.25) is 4.79 Å². The number of allylic oxidation sites excluding steroid dienone is 1. The van der Waals surface area contributed by atoms with Crippen LogP contribution in [0.15, 0.2) is 42.3 Å². The van der Waals surface area contributed by atoms with Crippen molar-refractivity contribution in [1.29, 1.82) is 0 Å². The number of carbonyl (C=O) groups excluding carboxylic acids is 1. The van der Waals surface area contributed by atoms with E-state index in [0.717, 1.165) is 44.1 Å². The van der Waals surface area contributed by atoms with Gasteiger partial charge < -0.3 is 20.3 Å². The second kappa shape index (κ2) is 8.08. The third-order valence-electron chi connectivity index (χ3n) is 4.88. The van der Waals surface area contributed by atoms with Gasteiger partial charge in [-0.25, -0.2) is 8.78 Å². The van der Waals surface area contributed by atoms with Crippen LogP contribution in [0.3, 0.4) is 0 Å². The Balaban J connectivity index is 1.85. The molecular weight excluding hydrogens is 352 g/mol. The van der Waals surface area contributed by atoms with Crippen LogP contribution in [0.2, 0.25) is 0 Å². The zero-order valence-corrected chi connectivity index (χ0v) is 15.5. The van der Waals surface area contributed by atoms with Gasteiger partial charge >= 0.3 is 0 Å². The van der Waals surface area contributed by atoms with Crippen molar-refractivity contribution in [2.45, 2.75) is 19.8 Å². The van der Waals surface area contributed by atoms with E-state index in [1.807, 2.05) is 4.90 Å². The monoisotopic (exact) mass is 377 g/mol. The van der Waals surface area contributed by atoms with Crippen molar-refractivity contribution in [1.82, 2.24) is 10.2 Å². The lowest BCUT2D eigenvalue weighted by molar-refractivity contribution is -0.116. The van der Waals surface area contributed by atoms with Gasteiger partial charge in [-0.1, -0.05) is 13.5 Å². The molecule has 1 aliphatic heterocycles. The fourth-order valence-electron chi connectivity index (χ4n) is 2.94. The highest BCUT2D eigenvalue weighted by molar-refractivity contribution is 6.03. The molecule has 2 N–H and O–H groups in total. The normalized spacial score (nSPS) is 19.1. The first-order chi connectivity index (χ1) is 12.9. The van der Waals surface area contributed by atoms with Gasteiger partial charge in [0, 0.05) is 43.3 Å². The fourth-order valence-corrected chi connectivity index (χ4v) is 2.94. The topological polar surface area (TPSA) is 53.6 Å². The number of nitrogens with zero attached hydrogens (tertiary/aromatic N) is 1. The van der Waals surface area contributed by atoms with Gasteiger partial charge in [-0.15, -0.1) is 0 Å². The van der Waals surface area contributed by atoms with Crippen LogP contribution in [0.1, 0.15) is 19.8 Å². The maximum atomic E-state index is 13.4. The van der Waals surface area contributed by atoms with Crippen LogP contribution in [0, 0.1) is 17.0 Å². The van der Waals surface area contributed by atoms with E-state index in [0.29, 0.717) is 25.4 Å². The smallest absolute Gasteiger partial charge is 0.292 e. The predicted molar refractivity (Wildman–Crippen MR) is 99.9 cm³/mol. The lowest BCUT2D eigenvalue weighted by Crippen LogP contribution is -2.43. The molecule has 0 aromatic heterocycles. The molecule has 5 nitrogen and oxygen atoms in total. The number of anilines is 1. The van der Waals surface area contributed by atoms with Crippen LogP contribution in [0.5, 0.6) is 0 Å². The minimum absolute atomic E-state index is 0.0416. The van der Waals surface area contributed by atoms with Crippen LogP contribution >= 0.6 is 0 Å². The third-order valence-corrected chi connectivity index (χ3v) is 4.88. The fraction of sp³-hybridized carbons (Fsp3) is 0.450. The quantitative estimate of drug-likeness (QED) is 0.436. The van der Waals surface area contributed by atoms with E-state index < -0.39 is 17.5 Å². The van der Waals surface area contributed by atoms with Crippen LogP contribution in [0.4, 0.5) is 14.5 Å². The average Bonchev–Trinajstić information content (AvgIpc) is 3.36. The summed E-state index contributed by atoms with van der Waals surface area (Å²) in [6.45, 7) is 9.36. The molecule has 146 valence electrons. The summed E-state index contributed by atoms with van der Waals surface area (Å²) in [5.74, 6) is -1.93. The summed E-state index contributed by atoms with van der Waals surface area (Å²) in [4.78, 5) is 14.9. The number of rotatable bonds is 7. The SMILES string of the molecule is C=C/C(=C(/OCC1(C)CC1)C(=O)Nc1cc(F)cc(F)c1)N1CCNCC1. The Morgan fingerprint density at radius 1 is 1.30 bits per heavy atom. The van der Waals surface area contributed by atoms with E-state index in [-0.39, 0.29) is 16.9 Å². The highest BCUT2D eigenvalue weighted by Gasteiger charge is 2.39. The van der Waals surface area contributed by atoms with Gasteiger partial charge in [0.05, 0.1) is 12.3 Å². The van der Waals surface area contributed by atoms with Crippen LogP contribution in [0.25, 0.3) is 0 Å². The Hall–Kier alpha value is -2.41. The van der Waals surface area contributed by atoms with Crippen LogP contribution in [-0.2, 0) is 9.53 Å². The molecule has 0 unspecified atom stereocenters. The van der Waals surface area contributed by atoms with Crippen molar-refractivity contribution in [2.75, 3.05) is 38.1 Å². The molecule has 0 spiro atoms. The predicted octanol–water partition coefficient (Wildman–Crippen LogP) is 3.02. The number of halogens is 2. The minimum Gasteiger partial charge on any atom is -0.486 e. The third kappa shape index (κ3) is 5.07. The first kappa shape index (κ1) is 19.4. The highest BCUT2D eigenvalue weighted by atomic mass is 19.1. The summed E-state index contributed by atoms with van der Waals surface area (Å²) in [5, 5.41) is 5.80. The summed E-state index contributed by atoms with van der Waals surface area (Å²) in [6.07, 6.45) is 3.70. The maximum absolute atomic E-state index is 13.4. The number of carbonyl (C=O) groups is 1. The molecular formula is C20H25F2N3O2. The zero-order chi connectivity index (χ0) is 19.4. The summed E-state index contributed by atoms with van der Waals surface area (Å²) in [6, 6.07) is 2.89. The zero-order valence-electron chi connectivity index (χ0n) is 15.5. The summed E-state index contributed by atoms with van der Waals surface area (Å²) in [5.41, 5.74) is 0.710. The molecule has 3 rings (SSSR count). The number of benzene rings is 1. The van der Waals surface area contributed by atoms with Crippen LogP contribution < -0.4 is 10.6 Å². The van der Waals surface area contributed by atoms with Crippen molar-refractivity contribution in [3.63, 3.8) is 0 Å². The average molecular weight is 377 g/mol. The lowest BCUT2D eigenvalue weighted by atomic mass is 10.1. The van der Waals surface area contributed by atoms with Crippen molar-refractivity contribution < 1.29 is 18.3 Å². The molecule has 1 aliphatic carbocycles.